The highest BCUT2D eigenvalue weighted by atomic mass is 16.5. The maximum absolute atomic E-state index is 12.1. The van der Waals surface area contributed by atoms with Gasteiger partial charge in [0.1, 0.15) is 0 Å². The average Bonchev–Trinajstić information content (AvgIpc) is 2.44. The van der Waals surface area contributed by atoms with Gasteiger partial charge in [-0.1, -0.05) is 25.5 Å². The van der Waals surface area contributed by atoms with Crippen molar-refractivity contribution in [2.24, 2.45) is 17.8 Å². The fraction of sp³-hybridized carbons (Fsp3) is 0.842. The molecule has 0 unspecified atom stereocenters. The second-order valence-corrected chi connectivity index (χ2v) is 7.71. The number of carbonyl (C=O) groups excluding carboxylic acids is 1. The fourth-order valence-electron chi connectivity index (χ4n) is 4.68. The number of piperidine rings is 1. The lowest BCUT2D eigenvalue weighted by atomic mass is 9.74. The maximum atomic E-state index is 12.1. The van der Waals surface area contributed by atoms with Crippen LogP contribution in [0.2, 0.25) is 0 Å². The number of allylic oxidation sites excluding steroid dienone is 2. The predicted molar refractivity (Wildman–Crippen MR) is 90.4 cm³/mol. The van der Waals surface area contributed by atoms with Gasteiger partial charge in [0.25, 0.3) is 0 Å². The zero-order chi connectivity index (χ0) is 16.2. The Bertz CT molecular complexity index is 410. The molecule has 2 aliphatic rings. The van der Waals surface area contributed by atoms with Gasteiger partial charge >= 0.3 is 5.97 Å². The predicted octanol–water partition coefficient (Wildman–Crippen LogP) is 3.79. The summed E-state index contributed by atoms with van der Waals surface area (Å²) in [6.07, 6.45) is 7.50. The molecule has 3 atom stereocenters. The van der Waals surface area contributed by atoms with Crippen LogP contribution in [0.5, 0.6) is 0 Å². The Kier molecular flexibility index (Phi) is 6.08. The molecule has 0 spiro atoms. The minimum atomic E-state index is -0.00719. The zero-order valence-electron chi connectivity index (χ0n) is 14.9. The highest BCUT2D eigenvalue weighted by Gasteiger charge is 2.39. The third-order valence-corrected chi connectivity index (χ3v) is 5.73. The van der Waals surface area contributed by atoms with Crippen LogP contribution in [0.4, 0.5) is 0 Å². The summed E-state index contributed by atoms with van der Waals surface area (Å²) in [5.74, 6) is 2.03. The number of quaternary nitrogens is 1. The van der Waals surface area contributed by atoms with Crippen molar-refractivity contribution in [1.82, 2.24) is 0 Å². The highest BCUT2D eigenvalue weighted by molar-refractivity contribution is 5.70. The molecule has 0 radical (unpaired) electrons. The van der Waals surface area contributed by atoms with Crippen LogP contribution in [-0.2, 0) is 9.53 Å². The minimum absolute atomic E-state index is 0.00719. The van der Waals surface area contributed by atoms with Crippen molar-refractivity contribution in [2.45, 2.75) is 53.4 Å². The van der Waals surface area contributed by atoms with Crippen molar-refractivity contribution < 1.29 is 14.0 Å². The molecule has 1 saturated heterocycles. The first-order valence-corrected chi connectivity index (χ1v) is 9.14. The van der Waals surface area contributed by atoms with Gasteiger partial charge in [0.2, 0.25) is 0 Å². The molecule has 1 fully saturated rings. The topological polar surface area (TPSA) is 26.3 Å². The number of ether oxygens (including phenoxy) is 1. The summed E-state index contributed by atoms with van der Waals surface area (Å²) in [6.45, 7) is 13.4. The molecular formula is C19H34NO2+. The van der Waals surface area contributed by atoms with E-state index in [1.54, 1.807) is 0 Å². The van der Waals surface area contributed by atoms with Crippen molar-refractivity contribution >= 4 is 5.97 Å². The lowest BCUT2D eigenvalue weighted by Gasteiger charge is -2.46. The molecule has 0 amide bonds. The molecule has 0 N–H and O–H groups in total. The van der Waals surface area contributed by atoms with Crippen LogP contribution in [0, 0.1) is 17.8 Å². The monoisotopic (exact) mass is 308 g/mol. The molecule has 0 aromatic carbocycles. The molecule has 3 nitrogen and oxygen atoms in total. The normalized spacial score (nSPS) is 31.5. The Morgan fingerprint density at radius 1 is 1.27 bits per heavy atom. The SMILES string of the molecule is CCOC(=O)C[N+]1(C[C@H]2[C@@H](C)C=C(C)C[C@@H]2C)CCCCC1. The number of hydrogen-bond acceptors (Lipinski definition) is 2. The fourth-order valence-corrected chi connectivity index (χ4v) is 4.68. The average molecular weight is 308 g/mol. The molecule has 0 aromatic rings. The molecular weight excluding hydrogens is 274 g/mol. The lowest BCUT2D eigenvalue weighted by Crippen LogP contribution is -2.58. The van der Waals surface area contributed by atoms with Crippen LogP contribution in [0.15, 0.2) is 11.6 Å². The quantitative estimate of drug-likeness (QED) is 0.439. The number of carbonyl (C=O) groups is 1. The van der Waals surface area contributed by atoms with Crippen molar-refractivity contribution in [1.29, 1.82) is 0 Å². The van der Waals surface area contributed by atoms with Gasteiger partial charge in [0, 0.05) is 5.92 Å². The lowest BCUT2D eigenvalue weighted by molar-refractivity contribution is -0.929. The standard InChI is InChI=1S/C19H34NO2/c1-5-22-19(21)14-20(9-7-6-8-10-20)13-18-16(3)11-15(2)12-17(18)4/h11,16-18H,5-10,12-14H2,1-4H3/q+1/t16-,17-,18-/m0/s1. The molecule has 2 rings (SSSR count). The Balaban J connectivity index is 2.10. The van der Waals surface area contributed by atoms with Gasteiger partial charge in [-0.2, -0.15) is 0 Å². The van der Waals surface area contributed by atoms with E-state index in [0.717, 1.165) is 30.0 Å². The van der Waals surface area contributed by atoms with Gasteiger partial charge in [-0.05, 0) is 51.4 Å². The first-order chi connectivity index (χ1) is 10.5. The van der Waals surface area contributed by atoms with Gasteiger partial charge in [0.15, 0.2) is 6.54 Å². The number of rotatable bonds is 5. The molecule has 0 saturated carbocycles. The molecule has 1 heterocycles. The summed E-state index contributed by atoms with van der Waals surface area (Å²) in [5.41, 5.74) is 1.53. The van der Waals surface area contributed by atoms with Gasteiger partial charge < -0.3 is 9.22 Å². The summed E-state index contributed by atoms with van der Waals surface area (Å²) in [7, 11) is 0. The van der Waals surface area contributed by atoms with Crippen molar-refractivity contribution in [3.63, 3.8) is 0 Å². The summed E-state index contributed by atoms with van der Waals surface area (Å²) in [6, 6.07) is 0. The van der Waals surface area contributed by atoms with E-state index >= 15 is 0 Å². The first kappa shape index (κ1) is 17.5. The Labute approximate surface area is 136 Å². The maximum Gasteiger partial charge on any atom is 0.361 e. The largest absolute Gasteiger partial charge is 0.462 e. The van der Waals surface area contributed by atoms with E-state index in [4.69, 9.17) is 4.74 Å². The third kappa shape index (κ3) is 4.34. The zero-order valence-corrected chi connectivity index (χ0v) is 14.9. The number of likely N-dealkylation sites (tertiary alicyclic amines) is 1. The van der Waals surface area contributed by atoms with Crippen LogP contribution < -0.4 is 0 Å². The van der Waals surface area contributed by atoms with E-state index < -0.39 is 0 Å². The smallest absolute Gasteiger partial charge is 0.361 e. The van der Waals surface area contributed by atoms with Gasteiger partial charge in [-0.3, -0.25) is 0 Å². The van der Waals surface area contributed by atoms with E-state index in [9.17, 15) is 4.79 Å². The summed E-state index contributed by atoms with van der Waals surface area (Å²) in [4.78, 5) is 12.1. The van der Waals surface area contributed by atoms with E-state index in [1.165, 1.54) is 31.3 Å². The minimum Gasteiger partial charge on any atom is -0.462 e. The molecule has 126 valence electrons. The van der Waals surface area contributed by atoms with E-state index in [-0.39, 0.29) is 5.97 Å². The number of hydrogen-bond donors (Lipinski definition) is 0. The van der Waals surface area contributed by atoms with Crippen molar-refractivity contribution in [2.75, 3.05) is 32.8 Å². The van der Waals surface area contributed by atoms with Gasteiger partial charge in [0.05, 0.1) is 26.2 Å². The van der Waals surface area contributed by atoms with Gasteiger partial charge in [-0.25, -0.2) is 4.79 Å². The molecule has 22 heavy (non-hydrogen) atoms. The first-order valence-electron chi connectivity index (χ1n) is 9.14. The van der Waals surface area contributed by atoms with Crippen LogP contribution in [0.3, 0.4) is 0 Å². The van der Waals surface area contributed by atoms with E-state index in [0.29, 0.717) is 25.0 Å². The number of esters is 1. The van der Waals surface area contributed by atoms with Crippen LogP contribution in [0.25, 0.3) is 0 Å². The van der Waals surface area contributed by atoms with Crippen molar-refractivity contribution in [3.05, 3.63) is 11.6 Å². The van der Waals surface area contributed by atoms with E-state index in [1.807, 2.05) is 6.92 Å². The molecule has 3 heteroatoms. The Hall–Kier alpha value is -0.830. The molecule has 1 aliphatic carbocycles. The highest BCUT2D eigenvalue weighted by Crippen LogP contribution is 2.36. The van der Waals surface area contributed by atoms with Crippen molar-refractivity contribution in [3.8, 4) is 0 Å². The summed E-state index contributed by atoms with van der Waals surface area (Å²) < 4.78 is 6.23. The van der Waals surface area contributed by atoms with Crippen LogP contribution in [0.1, 0.15) is 53.4 Å². The molecule has 1 aliphatic heterocycles. The third-order valence-electron chi connectivity index (χ3n) is 5.73. The Morgan fingerprint density at radius 2 is 1.95 bits per heavy atom. The van der Waals surface area contributed by atoms with Gasteiger partial charge in [-0.15, -0.1) is 0 Å². The summed E-state index contributed by atoms with van der Waals surface area (Å²) in [5, 5.41) is 0. The number of nitrogens with zero attached hydrogens (tertiary/aromatic N) is 1. The molecule has 0 aromatic heterocycles. The second kappa shape index (κ2) is 7.63. The van der Waals surface area contributed by atoms with E-state index in [2.05, 4.69) is 26.8 Å². The second-order valence-electron chi connectivity index (χ2n) is 7.71. The Morgan fingerprint density at radius 3 is 2.55 bits per heavy atom. The molecule has 0 bridgehead atoms. The summed E-state index contributed by atoms with van der Waals surface area (Å²) >= 11 is 0. The van der Waals surface area contributed by atoms with Crippen LogP contribution >= 0.6 is 0 Å². The van der Waals surface area contributed by atoms with Crippen LogP contribution in [-0.4, -0.2) is 43.2 Å².